The number of nitrogens with one attached hydrogen (secondary N) is 11. The largest absolute Gasteiger partial charge is 0.508 e. The Morgan fingerprint density at radius 2 is 1.05 bits per heavy atom. The zero-order chi connectivity index (χ0) is 94.1. The molecule has 698 valence electrons. The molecule has 5 heterocycles. The Balaban J connectivity index is 1.18. The number of nitrogens with zero attached hydrogens (tertiary/aromatic N) is 6. The van der Waals surface area contributed by atoms with E-state index in [2.05, 4.69) is 58.2 Å². The van der Waals surface area contributed by atoms with Crippen LogP contribution in [0.5, 0.6) is 5.75 Å². The molecule has 0 unspecified atom stereocenters. The molecule has 20 N–H and O–H groups in total. The van der Waals surface area contributed by atoms with E-state index in [9.17, 15) is 68.1 Å². The third kappa shape index (κ3) is 27.2. The summed E-state index contributed by atoms with van der Waals surface area (Å²) in [6, 6.07) is -0.113. The number of aromatic amines is 1. The molecule has 16 amide bonds. The third-order valence-corrected chi connectivity index (χ3v) is 23.4. The molecule has 0 saturated carbocycles. The maximum Gasteiger partial charge on any atom is 0.323 e. The smallest absolute Gasteiger partial charge is 0.323 e. The second-order valence-electron chi connectivity index (χ2n) is 34.0. The molecule has 2 aromatic heterocycles. The summed E-state index contributed by atoms with van der Waals surface area (Å²) < 4.78 is 1.45. The van der Waals surface area contributed by atoms with E-state index in [1.807, 2.05) is 13.8 Å². The van der Waals surface area contributed by atoms with Crippen molar-refractivity contribution >= 4 is 122 Å². The van der Waals surface area contributed by atoms with Crippen molar-refractivity contribution < 1.29 is 96.8 Å². The number of unbranched alkanes of at least 4 members (excludes halogenated alkanes) is 2. The number of hydrogen-bond acceptors (Lipinski definition) is 21. The molecule has 8 rings (SSSR count). The molecule has 3 saturated heterocycles. The van der Waals surface area contributed by atoms with Crippen LogP contribution in [0.1, 0.15) is 149 Å². The fourth-order valence-corrected chi connectivity index (χ4v) is 16.3. The van der Waals surface area contributed by atoms with E-state index in [4.69, 9.17) is 17.2 Å². The molecular weight excluding hydrogens is 1660 g/mol. The van der Waals surface area contributed by atoms with Crippen LogP contribution in [0.4, 0.5) is 0 Å². The van der Waals surface area contributed by atoms with E-state index >= 15 is 28.8 Å². The molecule has 5 aromatic rings. The topological polar surface area (TPSA) is 586 Å². The van der Waals surface area contributed by atoms with Gasteiger partial charge < -0.3 is 120 Å². The quantitative estimate of drug-likeness (QED) is 0.0342. The van der Waals surface area contributed by atoms with Crippen LogP contribution in [0.2, 0.25) is 0 Å². The van der Waals surface area contributed by atoms with Crippen molar-refractivity contribution in [3.63, 3.8) is 0 Å². The van der Waals surface area contributed by atoms with Gasteiger partial charge in [0.25, 0.3) is 0 Å². The number of rotatable bonds is 23. The Kier molecular flexibility index (Phi) is 37.2. The van der Waals surface area contributed by atoms with Gasteiger partial charge in [-0.3, -0.25) is 81.5 Å². The number of phenolic OH excluding ortho intramolecular Hbond substituents is 1. The van der Waals surface area contributed by atoms with Gasteiger partial charge in [0, 0.05) is 101 Å². The van der Waals surface area contributed by atoms with E-state index in [1.54, 1.807) is 82.4 Å². The van der Waals surface area contributed by atoms with Crippen molar-refractivity contribution in [3.05, 3.63) is 102 Å². The number of hydrogen-bond donors (Lipinski definition) is 17. The lowest BCUT2D eigenvalue weighted by Crippen LogP contribution is -2.61. The van der Waals surface area contributed by atoms with Gasteiger partial charge >= 0.3 is 5.97 Å². The number of aromatic hydroxyl groups is 1. The molecule has 3 aromatic carbocycles. The number of carbonyl (C=O) groups excluding carboxylic acids is 16. The van der Waals surface area contributed by atoms with Gasteiger partial charge in [-0.2, -0.15) is 0 Å². The first-order valence-corrected chi connectivity index (χ1v) is 43.6. The van der Waals surface area contributed by atoms with Gasteiger partial charge in [0.15, 0.2) is 0 Å². The summed E-state index contributed by atoms with van der Waals surface area (Å²) in [5, 5.41) is 59.1. The number of nitrogens with two attached hydrogens (primary N) is 3. The zero-order valence-corrected chi connectivity index (χ0v) is 74.3. The number of H-pyrrole nitrogens is 1. The van der Waals surface area contributed by atoms with Gasteiger partial charge in [0.1, 0.15) is 90.8 Å². The number of para-hydroxylation sites is 2. The van der Waals surface area contributed by atoms with Crippen molar-refractivity contribution in [2.75, 3.05) is 60.4 Å². The summed E-state index contributed by atoms with van der Waals surface area (Å²) in [4.78, 5) is 256. The van der Waals surface area contributed by atoms with Gasteiger partial charge in [0.05, 0.1) is 25.6 Å². The molecule has 40 heteroatoms. The monoisotopic (exact) mass is 1780 g/mol. The lowest BCUT2D eigenvalue weighted by Gasteiger charge is -2.36. The third-order valence-electron chi connectivity index (χ3n) is 23.4. The molecule has 14 atom stereocenters. The first-order chi connectivity index (χ1) is 60.8. The highest BCUT2D eigenvalue weighted by Gasteiger charge is 2.47. The SMILES string of the molecule is CCCC[C@H]1C(=O)N(C)[C@@H](CCCC)C(=O)N[C@@H](CC(C)C)C(=O)NCC(=O)NCC(=O)N[C@@H](Cc2ccc(O)cc2)C(=O)N(C)[C@@H](C)C(=O)N[C@@H](CC(N)=O)C(=O)N2CCC[C@H]2C(=O)N[C@@H](CN)C(=O)N[C@@H](CC(C)C)C(=O)N2C[C@H](O)C[C@H]2C(=O)N[C@@H](Cc2c[nH]c3ccccc23)C(=O)N[C@@H](CCN)C(=O)N[C@@H](Cc2cn(CC(=O)O)c3ccccc23)C(=O)N1C. The minimum absolute atomic E-state index is 0.00445. The number of aromatic nitrogens is 2. The fourth-order valence-electron chi connectivity index (χ4n) is 16.3. The van der Waals surface area contributed by atoms with Crippen LogP contribution in [-0.2, 0) is 107 Å². The average Bonchev–Trinajstić information content (AvgIpc) is 1.62. The predicted octanol–water partition coefficient (Wildman–Crippen LogP) is -1.83. The number of carboxylic acids is 1. The summed E-state index contributed by atoms with van der Waals surface area (Å²) in [5.74, 6) is -16.5. The summed E-state index contributed by atoms with van der Waals surface area (Å²) in [6.07, 6.45) is 1.40. The summed E-state index contributed by atoms with van der Waals surface area (Å²) in [5.41, 5.74) is 20.5. The number of aliphatic hydroxyl groups is 1. The van der Waals surface area contributed by atoms with E-state index < -0.39 is 224 Å². The number of amides is 16. The summed E-state index contributed by atoms with van der Waals surface area (Å²) in [7, 11) is 3.95. The van der Waals surface area contributed by atoms with E-state index in [0.717, 1.165) is 19.6 Å². The van der Waals surface area contributed by atoms with E-state index in [0.29, 0.717) is 64.2 Å². The van der Waals surface area contributed by atoms with Crippen LogP contribution >= 0.6 is 0 Å². The second-order valence-corrected chi connectivity index (χ2v) is 34.0. The number of fused-ring (bicyclic) bond motifs is 4. The number of benzene rings is 3. The zero-order valence-electron chi connectivity index (χ0n) is 74.3. The van der Waals surface area contributed by atoms with Crippen LogP contribution in [0.25, 0.3) is 21.8 Å². The molecule has 3 fully saturated rings. The summed E-state index contributed by atoms with van der Waals surface area (Å²) >= 11 is 0. The minimum atomic E-state index is -1.75. The highest BCUT2D eigenvalue weighted by molar-refractivity contribution is 6.02. The second kappa shape index (κ2) is 47.3. The number of aliphatic carboxylic acids is 1. The molecule has 0 bridgehead atoms. The molecule has 3 aliphatic heterocycles. The van der Waals surface area contributed by atoms with E-state index in [-0.39, 0.29) is 101 Å². The van der Waals surface area contributed by atoms with Crippen molar-refractivity contribution in [2.45, 2.75) is 242 Å². The van der Waals surface area contributed by atoms with Crippen molar-refractivity contribution in [1.29, 1.82) is 0 Å². The Labute approximate surface area is 742 Å². The van der Waals surface area contributed by atoms with Crippen LogP contribution in [0, 0.1) is 11.8 Å². The Morgan fingerprint density at radius 1 is 0.516 bits per heavy atom. The first kappa shape index (κ1) is 101. The maximum atomic E-state index is 15.9. The normalized spacial score (nSPS) is 25.0. The maximum absolute atomic E-state index is 15.9. The highest BCUT2D eigenvalue weighted by atomic mass is 16.4. The van der Waals surface area contributed by atoms with Crippen molar-refractivity contribution in [1.82, 2.24) is 87.2 Å². The Bertz CT molecular complexity index is 4820. The lowest BCUT2D eigenvalue weighted by atomic mass is 9.99. The highest BCUT2D eigenvalue weighted by Crippen LogP contribution is 2.29. The Hall–Kier alpha value is -12.6. The number of phenols is 1. The molecule has 0 spiro atoms. The van der Waals surface area contributed by atoms with Gasteiger partial charge in [-0.05, 0) is 111 Å². The van der Waals surface area contributed by atoms with Gasteiger partial charge in [-0.25, -0.2) is 0 Å². The average molecular weight is 1780 g/mol. The van der Waals surface area contributed by atoms with Crippen LogP contribution < -0.4 is 70.4 Å². The predicted molar refractivity (Wildman–Crippen MR) is 469 cm³/mol. The van der Waals surface area contributed by atoms with Crippen LogP contribution in [-0.4, -0.2) is 295 Å². The van der Waals surface area contributed by atoms with Crippen molar-refractivity contribution in [3.8, 4) is 5.75 Å². The molecule has 3 aliphatic rings. The van der Waals surface area contributed by atoms with Crippen molar-refractivity contribution in [2.24, 2.45) is 29.0 Å². The molecule has 128 heavy (non-hydrogen) atoms. The molecule has 40 nitrogen and oxygen atoms in total. The number of likely N-dealkylation sites (N-methyl/N-ethyl adjacent to an activating group) is 3. The molecular formula is C88H126N20O20. The summed E-state index contributed by atoms with van der Waals surface area (Å²) in [6.45, 7) is 8.60. The van der Waals surface area contributed by atoms with Gasteiger partial charge in [0.2, 0.25) is 94.5 Å². The Morgan fingerprint density at radius 3 is 1.70 bits per heavy atom. The number of carbonyl (C=O) groups is 17. The standard InChI is InChI=1S/C88H126N20O20/c1-11-13-23-68-81(121)97-60(34-48(3)4)77(117)94-43-73(112)93-44-74(113)95-63(36-51-27-29-54(109)30-28-51)84(124)103(8)50(7)76(116)99-65(40-72(91)111)86(126)107-33-19-26-69(107)82(122)102-66(41-90)80(120)100-62(35-49(5)6)87(127)108-46-55(110)39-71(108)83(123)98-61(37-52-42-92-58-22-17-15-20-56(52)58)79(119)96-59(31-32-89)78(118)101-64(85(125)105(10)70(24-14-12-2)88(128)104(68)9)38-53-45-106(47-75(114)115)67-25-18-16-21-57(53)67/h15-18,20-22,25,27-30,42,45,48-50,55,59-66,68-71,92,109-110H,11-14,19,23-24,26,31-41,43-44,46-47,89-90H2,1-10H3,(H2,91,111)(H,93,112)(H,94,117)(H,95,113)(H,96,119)(H,97,121)(H,98,123)(H,99,116)(H,100,120)(H,101,118)(H,102,122)(H,114,115)/t50-,55+,59-,60-,61-,62-,63-,64-,65-,66-,68-,69-,70-,71-/m0/s1. The molecule has 0 aliphatic carbocycles. The lowest BCUT2D eigenvalue weighted by molar-refractivity contribution is -0.149. The fraction of sp³-hybridized carbons (Fsp3) is 0.557. The van der Waals surface area contributed by atoms with Crippen LogP contribution in [0.3, 0.4) is 0 Å². The molecule has 0 radical (unpaired) electrons. The van der Waals surface area contributed by atoms with Gasteiger partial charge in [-0.15, -0.1) is 0 Å². The number of primary amides is 1. The van der Waals surface area contributed by atoms with Gasteiger partial charge in [-0.1, -0.05) is 116 Å². The van der Waals surface area contributed by atoms with Crippen LogP contribution in [0.15, 0.2) is 85.2 Å². The van der Waals surface area contributed by atoms with E-state index in [1.165, 1.54) is 68.0 Å². The number of aliphatic hydroxyl groups excluding tert-OH is 1. The number of carboxylic acid groups (broad SMARTS) is 1. The minimum Gasteiger partial charge on any atom is -0.508 e. The first-order valence-electron chi connectivity index (χ1n) is 43.6.